The third-order valence-corrected chi connectivity index (χ3v) is 0.796. The first kappa shape index (κ1) is 6.94. The van der Waals surface area contributed by atoms with Crippen molar-refractivity contribution in [1.82, 2.24) is 0 Å². The average Bonchev–Trinajstić information content (AvgIpc) is 1.85. The maximum atomic E-state index is 6.77. The van der Waals surface area contributed by atoms with E-state index in [-0.39, 0.29) is 40.0 Å². The van der Waals surface area contributed by atoms with E-state index in [2.05, 4.69) is 10.8 Å². The van der Waals surface area contributed by atoms with Gasteiger partial charge in [0.05, 0.1) is 11.2 Å². The fourth-order valence-corrected chi connectivity index (χ4v) is 0.440. The zero-order valence-corrected chi connectivity index (χ0v) is 8.30. The Kier molecular flexibility index (Phi) is 5.12. The molecule has 0 fully saturated rings. The Labute approximate surface area is 91.9 Å². The Bertz CT molecular complexity index is 227. The minimum absolute atomic E-state index is 0. The van der Waals surface area contributed by atoms with Crippen molar-refractivity contribution in [2.75, 3.05) is 7.04 Å². The molecule has 3 heteroatoms. The van der Waals surface area contributed by atoms with Crippen LogP contribution in [0.25, 0.3) is 0 Å². The molecule has 0 amide bonds. The molecule has 0 aliphatic carbocycles. The van der Waals surface area contributed by atoms with Crippen molar-refractivity contribution in [1.29, 1.82) is 0 Å². The summed E-state index contributed by atoms with van der Waals surface area (Å²) in [5.41, 5.74) is 0. The van der Waals surface area contributed by atoms with Crippen molar-refractivity contribution in [3.05, 3.63) is 30.3 Å². The van der Waals surface area contributed by atoms with Gasteiger partial charge in [0, 0.05) is 5.75 Å². The van der Waals surface area contributed by atoms with Gasteiger partial charge in [-0.05, 0) is 0 Å². The van der Waals surface area contributed by atoms with E-state index in [1.807, 2.05) is 0 Å². The van der Waals surface area contributed by atoms with Crippen molar-refractivity contribution in [2.45, 2.75) is 0 Å². The van der Waals surface area contributed by atoms with Crippen LogP contribution in [0, 0.1) is 6.07 Å². The number of benzene rings is 1. The molecule has 1 nitrogen and oxygen atoms in total. The Morgan fingerprint density at radius 3 is 3.00 bits per heavy atom. The van der Waals surface area contributed by atoms with Gasteiger partial charge < -0.3 is 21.7 Å². The molecule has 0 unspecified atom stereocenters. The number of methoxy groups -OCH3 is 1. The van der Waals surface area contributed by atoms with Gasteiger partial charge in [0.2, 0.25) is 0 Å². The zero-order chi connectivity index (χ0) is 8.32. The molecule has 0 atom stereocenters. The average molecular weight is 214 g/mol. The molecule has 0 N–H and O–H groups in total. The largest absolute Gasteiger partial charge is 2.00 e. The summed E-state index contributed by atoms with van der Waals surface area (Å²) in [5.74, 6) is 0.313. The van der Waals surface area contributed by atoms with Gasteiger partial charge in [-0.3, -0.25) is 0 Å². The van der Waals surface area contributed by atoms with Crippen LogP contribution in [-0.2, 0) is 0 Å². The Morgan fingerprint density at radius 1 is 1.70 bits per heavy atom. The predicted molar refractivity (Wildman–Crippen MR) is 37.6 cm³/mol. The number of ether oxygens (including phenoxy) is 1. The van der Waals surface area contributed by atoms with E-state index in [4.69, 9.17) is 4.11 Å². The normalized spacial score (nSPS) is 12.6. The van der Waals surface area contributed by atoms with Crippen LogP contribution < -0.4 is 21.7 Å². The summed E-state index contributed by atoms with van der Waals surface area (Å²) in [4.78, 5) is 0. The minimum Gasteiger partial charge on any atom is -1.00 e. The molecule has 0 aliphatic heterocycles. The van der Waals surface area contributed by atoms with E-state index in [0.717, 1.165) is 0 Å². The first-order valence-electron chi connectivity index (χ1n) is 3.73. The van der Waals surface area contributed by atoms with Crippen molar-refractivity contribution < 1.29 is 25.8 Å². The number of halogens is 1. The second kappa shape index (κ2) is 7.37. The first-order valence-corrected chi connectivity index (χ1v) is 2.23. The smallest absolute Gasteiger partial charge is 1.00 e. The molecule has 50 valence electrons. The maximum Gasteiger partial charge on any atom is 2.00 e. The molecular formula is C7H7BrMgO. The molecule has 0 spiro atoms. The first-order chi connectivity index (χ1) is 5.08. The van der Waals surface area contributed by atoms with Gasteiger partial charge in [-0.15, -0.1) is 12.1 Å². The van der Waals surface area contributed by atoms with Gasteiger partial charge >= 0.3 is 23.1 Å². The van der Waals surface area contributed by atoms with Crippen LogP contribution in [0.3, 0.4) is 0 Å². The molecule has 0 heterocycles. The standard InChI is InChI=1S/C7H7O.BrH.Mg/c1-8-7-5-3-2-4-6-7;;/h2-3,5-6H,1H3;1H;/q-1;;+2/p-1/i1D3;;. The Morgan fingerprint density at radius 2 is 2.50 bits per heavy atom. The zero-order valence-electron chi connectivity index (χ0n) is 8.30. The van der Waals surface area contributed by atoms with Crippen LogP contribution in [-0.4, -0.2) is 30.1 Å². The minimum atomic E-state index is -2.37. The molecule has 1 aromatic rings. The number of rotatable bonds is 1. The van der Waals surface area contributed by atoms with Gasteiger partial charge in [0.25, 0.3) is 0 Å². The van der Waals surface area contributed by atoms with Crippen LogP contribution in [0.2, 0.25) is 0 Å². The van der Waals surface area contributed by atoms with Gasteiger partial charge in [-0.25, -0.2) is 0 Å². The summed E-state index contributed by atoms with van der Waals surface area (Å²) >= 11 is 0. The van der Waals surface area contributed by atoms with Crippen molar-refractivity contribution in [3.63, 3.8) is 0 Å². The molecule has 0 aliphatic rings. The Hall–Kier alpha value is 0.266. The van der Waals surface area contributed by atoms with E-state index in [1.165, 1.54) is 6.07 Å². The summed E-state index contributed by atoms with van der Waals surface area (Å²) in [7, 11) is -2.37. The quantitative estimate of drug-likeness (QED) is 0.393. The van der Waals surface area contributed by atoms with Gasteiger partial charge in [0.1, 0.15) is 0 Å². The van der Waals surface area contributed by atoms with Crippen molar-refractivity contribution in [2.24, 2.45) is 0 Å². The summed E-state index contributed by atoms with van der Waals surface area (Å²) in [6.45, 7) is 0. The number of hydrogen-bond acceptors (Lipinski definition) is 1. The van der Waals surface area contributed by atoms with Crippen LogP contribution in [0.15, 0.2) is 24.3 Å². The topological polar surface area (TPSA) is 9.23 Å². The summed E-state index contributed by atoms with van der Waals surface area (Å²) in [6, 6.07) is 9.10. The van der Waals surface area contributed by atoms with E-state index >= 15 is 0 Å². The Balaban J connectivity index is 0. The fourth-order valence-electron chi connectivity index (χ4n) is 0.440. The van der Waals surface area contributed by atoms with Gasteiger partial charge in [-0.1, -0.05) is 0 Å². The van der Waals surface area contributed by atoms with Crippen LogP contribution in [0.4, 0.5) is 0 Å². The second-order valence-corrected chi connectivity index (χ2v) is 1.34. The molecule has 1 rings (SSSR count). The molecular weight excluding hydrogens is 204 g/mol. The maximum absolute atomic E-state index is 6.77. The summed E-state index contributed by atoms with van der Waals surface area (Å²) < 4.78 is 24.9. The SMILES string of the molecule is [2H]C([2H])([2H])Oc1c[c-]ccc1.[Br-].[Mg+2]. The number of hydrogen-bond donors (Lipinski definition) is 0. The second-order valence-electron chi connectivity index (χ2n) is 1.34. The molecule has 0 radical (unpaired) electrons. The predicted octanol–water partition coefficient (Wildman–Crippen LogP) is -1.88. The van der Waals surface area contributed by atoms with E-state index < -0.39 is 7.04 Å². The van der Waals surface area contributed by atoms with Gasteiger partial charge in [-0.2, -0.15) is 18.2 Å². The third kappa shape index (κ3) is 4.14. The molecule has 10 heavy (non-hydrogen) atoms. The van der Waals surface area contributed by atoms with Crippen LogP contribution in [0.5, 0.6) is 5.75 Å². The van der Waals surface area contributed by atoms with Gasteiger partial charge in [0.15, 0.2) is 0 Å². The fraction of sp³-hybridized carbons (Fsp3) is 0.143. The van der Waals surface area contributed by atoms with E-state index in [1.54, 1.807) is 18.2 Å². The molecule has 1 aromatic carbocycles. The van der Waals surface area contributed by atoms with Crippen molar-refractivity contribution in [3.8, 4) is 5.75 Å². The van der Waals surface area contributed by atoms with Crippen LogP contribution >= 0.6 is 0 Å². The third-order valence-electron chi connectivity index (χ3n) is 0.796. The van der Waals surface area contributed by atoms with Crippen LogP contribution in [0.1, 0.15) is 4.11 Å². The van der Waals surface area contributed by atoms with E-state index in [0.29, 0.717) is 5.75 Å². The molecule has 0 bridgehead atoms. The van der Waals surface area contributed by atoms with Crippen molar-refractivity contribution >= 4 is 23.1 Å². The monoisotopic (exact) mass is 213 g/mol. The molecule has 0 saturated heterocycles. The van der Waals surface area contributed by atoms with E-state index in [9.17, 15) is 0 Å². The molecule has 0 aromatic heterocycles. The summed E-state index contributed by atoms with van der Waals surface area (Å²) in [5, 5.41) is 0. The molecule has 0 saturated carbocycles. The summed E-state index contributed by atoms with van der Waals surface area (Å²) in [6.07, 6.45) is 0.